The van der Waals surface area contributed by atoms with Crippen LogP contribution in [0.25, 0.3) is 10.8 Å². The molecule has 244 valence electrons. The summed E-state index contributed by atoms with van der Waals surface area (Å²) >= 11 is 0. The van der Waals surface area contributed by atoms with E-state index in [0.29, 0.717) is 9.52 Å². The van der Waals surface area contributed by atoms with Crippen LogP contribution in [0, 0.1) is 0 Å². The first-order valence-corrected chi connectivity index (χ1v) is 18.8. The lowest BCUT2D eigenvalue weighted by Gasteiger charge is -2.36. The first-order valence-electron chi connectivity index (χ1n) is 17.8. The summed E-state index contributed by atoms with van der Waals surface area (Å²) in [5.41, 5.74) is 9.18. The summed E-state index contributed by atoms with van der Waals surface area (Å²) in [5, 5.41) is 5.10. The zero-order valence-corrected chi connectivity index (χ0v) is 29.4. The Morgan fingerprint density at radius 3 is 2.00 bits per heavy atom. The van der Waals surface area contributed by atoms with E-state index >= 15 is 0 Å². The first kappa shape index (κ1) is 30.5. The maximum absolute atomic E-state index is 7.05. The molecule has 0 bridgehead atoms. The summed E-state index contributed by atoms with van der Waals surface area (Å²) in [6.45, 7) is -0.0194. The van der Waals surface area contributed by atoms with Crippen LogP contribution in [0.3, 0.4) is 0 Å². The van der Waals surface area contributed by atoms with Crippen molar-refractivity contribution in [3.63, 3.8) is 0 Å². The van der Waals surface area contributed by atoms with Crippen molar-refractivity contribution in [2.45, 2.75) is 6.42 Å². The van der Waals surface area contributed by atoms with Crippen LogP contribution in [0.1, 0.15) is 11.1 Å². The van der Waals surface area contributed by atoms with E-state index in [1.165, 1.54) is 32.3 Å². The predicted octanol–water partition coefficient (Wildman–Crippen LogP) is 8.28. The molecule has 5 heteroatoms. The lowest BCUT2D eigenvalue weighted by molar-refractivity contribution is 0.465. The van der Waals surface area contributed by atoms with Gasteiger partial charge in [0.05, 0.1) is 5.69 Å². The fourth-order valence-corrected chi connectivity index (χ4v) is 9.11. The van der Waals surface area contributed by atoms with Crippen LogP contribution in [0.15, 0.2) is 182 Å². The van der Waals surface area contributed by atoms with Crippen LogP contribution in [-0.2, 0) is 6.42 Å². The molecule has 0 saturated heterocycles. The molecule has 0 aromatic heterocycles. The number of hydrogen-bond acceptors (Lipinski definition) is 3. The standard InChI is InChI=1S/C47H32BNO2Si/c1-2-19-35(20-3-1)52-45-30-11-9-25-40(45)49(39-24-8-5-16-34(39)31-33-18-12-17-32-15-4-6-21-36(32)33)41-26-13-23-38-47(41)51-44-29-14-28-43-46(44)48(38)37-22-7-10-27-42(37)50-43/h1-30H,31H2. The highest BCUT2D eigenvalue weighted by molar-refractivity contribution is 6.98. The van der Waals surface area contributed by atoms with E-state index in [1.807, 2.05) is 12.1 Å². The SMILES string of the molecule is c1ccc([Si]c2ccccc2N(c2ccccc2Cc2cccc3ccccc23)c2cccc3c2Oc2cccc4c2B3c2ccccc2O4)cc1. The Morgan fingerprint density at radius 1 is 0.462 bits per heavy atom. The second-order valence-corrected chi connectivity index (χ2v) is 14.7. The Balaban J connectivity index is 1.20. The van der Waals surface area contributed by atoms with Gasteiger partial charge in [-0.2, -0.15) is 0 Å². The highest BCUT2D eigenvalue weighted by Crippen LogP contribution is 2.44. The van der Waals surface area contributed by atoms with Gasteiger partial charge in [-0.25, -0.2) is 0 Å². The van der Waals surface area contributed by atoms with E-state index in [0.717, 1.165) is 62.9 Å². The average Bonchev–Trinajstić information content (AvgIpc) is 3.20. The molecule has 0 unspecified atom stereocenters. The fraction of sp³-hybridized carbons (Fsp3) is 0.0213. The van der Waals surface area contributed by atoms with Crippen LogP contribution >= 0.6 is 0 Å². The molecule has 2 heterocycles. The van der Waals surface area contributed by atoms with Gasteiger partial charge in [0.15, 0.2) is 0 Å². The zero-order chi connectivity index (χ0) is 34.4. The molecule has 0 saturated carbocycles. The molecule has 8 aromatic rings. The predicted molar refractivity (Wildman–Crippen MR) is 217 cm³/mol. The van der Waals surface area contributed by atoms with Gasteiger partial charge in [0.1, 0.15) is 32.5 Å². The van der Waals surface area contributed by atoms with Crippen LogP contribution in [0.5, 0.6) is 23.0 Å². The van der Waals surface area contributed by atoms with Gasteiger partial charge in [0.2, 0.25) is 0 Å². The third kappa shape index (κ3) is 5.21. The quantitative estimate of drug-likeness (QED) is 0.158. The molecule has 10 rings (SSSR count). The lowest BCUT2D eigenvalue weighted by Crippen LogP contribution is -2.57. The maximum atomic E-state index is 7.05. The van der Waals surface area contributed by atoms with Gasteiger partial charge in [-0.1, -0.05) is 151 Å². The minimum absolute atomic E-state index is 0.0194. The maximum Gasteiger partial charge on any atom is 0.260 e. The largest absolute Gasteiger partial charge is 0.458 e. The normalized spacial score (nSPS) is 12.3. The summed E-state index contributed by atoms with van der Waals surface area (Å²) in [7, 11) is 0.474. The van der Waals surface area contributed by atoms with Crippen molar-refractivity contribution in [2.75, 3.05) is 4.90 Å². The van der Waals surface area contributed by atoms with Gasteiger partial charge in [-0.3, -0.25) is 0 Å². The molecule has 0 N–H and O–H groups in total. The summed E-state index contributed by atoms with van der Waals surface area (Å²) in [6.07, 6.45) is 0.784. The second-order valence-electron chi connectivity index (χ2n) is 13.3. The molecule has 8 aromatic carbocycles. The molecule has 0 atom stereocenters. The van der Waals surface area contributed by atoms with Gasteiger partial charge < -0.3 is 14.4 Å². The van der Waals surface area contributed by atoms with E-state index in [2.05, 4.69) is 175 Å². The fourth-order valence-electron chi connectivity index (χ4n) is 7.93. The number of nitrogens with zero attached hydrogens (tertiary/aromatic N) is 1. The molecular weight excluding hydrogens is 649 g/mol. The molecular formula is C47H32BNO2Si. The summed E-state index contributed by atoms with van der Waals surface area (Å²) < 4.78 is 13.5. The highest BCUT2D eigenvalue weighted by Gasteiger charge is 2.41. The van der Waals surface area contributed by atoms with E-state index < -0.39 is 0 Å². The Bertz CT molecular complexity index is 2620. The Labute approximate surface area is 306 Å². The molecule has 2 aliphatic heterocycles. The van der Waals surface area contributed by atoms with Crippen molar-refractivity contribution >= 4 is 70.8 Å². The average molecular weight is 682 g/mol. The smallest absolute Gasteiger partial charge is 0.260 e. The zero-order valence-electron chi connectivity index (χ0n) is 28.4. The van der Waals surface area contributed by atoms with Gasteiger partial charge in [0.25, 0.3) is 6.71 Å². The molecule has 3 nitrogen and oxygen atoms in total. The number of hydrogen-bond donors (Lipinski definition) is 0. The summed E-state index contributed by atoms with van der Waals surface area (Å²) in [4.78, 5) is 2.45. The van der Waals surface area contributed by atoms with E-state index in [4.69, 9.17) is 9.47 Å². The van der Waals surface area contributed by atoms with Crippen molar-refractivity contribution in [3.8, 4) is 23.0 Å². The Kier molecular flexibility index (Phi) is 7.51. The molecule has 0 fully saturated rings. The molecule has 52 heavy (non-hydrogen) atoms. The van der Waals surface area contributed by atoms with Crippen LogP contribution in [0.4, 0.5) is 17.1 Å². The number of ether oxygens (including phenoxy) is 2. The monoisotopic (exact) mass is 681 g/mol. The van der Waals surface area contributed by atoms with Gasteiger partial charge in [-0.15, -0.1) is 0 Å². The van der Waals surface area contributed by atoms with Gasteiger partial charge >= 0.3 is 0 Å². The Hall–Kier alpha value is -6.30. The van der Waals surface area contributed by atoms with E-state index in [1.54, 1.807) is 0 Å². The van der Waals surface area contributed by atoms with Gasteiger partial charge in [-0.05, 0) is 74.4 Å². The molecule has 0 spiro atoms. The molecule has 0 amide bonds. The highest BCUT2D eigenvalue weighted by atomic mass is 28.2. The number of fused-ring (bicyclic) bond motifs is 5. The van der Waals surface area contributed by atoms with Crippen LogP contribution in [-0.4, -0.2) is 16.2 Å². The van der Waals surface area contributed by atoms with E-state index in [-0.39, 0.29) is 6.71 Å². The minimum atomic E-state index is -0.0194. The first-order chi connectivity index (χ1) is 25.8. The minimum Gasteiger partial charge on any atom is -0.458 e. The van der Waals surface area contributed by atoms with Crippen molar-refractivity contribution < 1.29 is 9.47 Å². The third-order valence-electron chi connectivity index (χ3n) is 10.2. The second kappa shape index (κ2) is 12.8. The van der Waals surface area contributed by atoms with Crippen molar-refractivity contribution in [1.82, 2.24) is 0 Å². The number of rotatable bonds is 7. The summed E-state index contributed by atoms with van der Waals surface area (Å²) in [5.74, 6) is 3.44. The molecule has 0 aliphatic carbocycles. The molecule has 2 aliphatic rings. The lowest BCUT2D eigenvalue weighted by atomic mass is 9.35. The Morgan fingerprint density at radius 2 is 1.08 bits per heavy atom. The topological polar surface area (TPSA) is 21.7 Å². The van der Waals surface area contributed by atoms with Crippen molar-refractivity contribution in [2.24, 2.45) is 0 Å². The van der Waals surface area contributed by atoms with Gasteiger partial charge in [0, 0.05) is 23.3 Å². The number of para-hydroxylation sites is 4. The number of benzene rings is 8. The molecule has 2 radical (unpaired) electrons. The van der Waals surface area contributed by atoms with Crippen LogP contribution in [0.2, 0.25) is 0 Å². The van der Waals surface area contributed by atoms with Crippen molar-refractivity contribution in [1.29, 1.82) is 0 Å². The third-order valence-corrected chi connectivity index (χ3v) is 11.6. The number of anilines is 3. The van der Waals surface area contributed by atoms with Crippen LogP contribution < -0.4 is 41.1 Å². The van der Waals surface area contributed by atoms with E-state index in [9.17, 15) is 0 Å². The van der Waals surface area contributed by atoms with Crippen molar-refractivity contribution in [3.05, 3.63) is 193 Å². The summed E-state index contributed by atoms with van der Waals surface area (Å²) in [6, 6.07) is 65.0.